The van der Waals surface area contributed by atoms with E-state index in [9.17, 15) is 5.26 Å². The Morgan fingerprint density at radius 2 is 2.11 bits per heavy atom. The van der Waals surface area contributed by atoms with Gasteiger partial charge in [-0.25, -0.2) is 0 Å². The summed E-state index contributed by atoms with van der Waals surface area (Å²) in [5.41, 5.74) is 1.28. The van der Waals surface area contributed by atoms with E-state index in [-0.39, 0.29) is 5.41 Å². The van der Waals surface area contributed by atoms with Crippen molar-refractivity contribution in [2.24, 2.45) is 5.41 Å². The Morgan fingerprint density at radius 1 is 1.39 bits per heavy atom. The first-order valence-electron chi connectivity index (χ1n) is 6.48. The topological polar surface area (TPSA) is 27.0 Å². The van der Waals surface area contributed by atoms with Crippen LogP contribution in [0.4, 0.5) is 0 Å². The van der Waals surface area contributed by atoms with Gasteiger partial charge in [0.05, 0.1) is 11.5 Å². The third-order valence-electron chi connectivity index (χ3n) is 3.84. The van der Waals surface area contributed by atoms with E-state index in [1.54, 1.807) is 0 Å². The Hall–Kier alpha value is -0.850. The molecule has 96 valence electrons. The Balaban J connectivity index is 1.84. The quantitative estimate of drug-likeness (QED) is 0.831. The predicted octanol–water partition coefficient (Wildman–Crippen LogP) is 3.62. The molecule has 2 rings (SSSR count). The highest BCUT2D eigenvalue weighted by Gasteiger charge is 2.37. The first-order valence-corrected chi connectivity index (χ1v) is 7.28. The monoisotopic (exact) mass is 306 g/mol. The molecule has 0 unspecified atom stereocenters. The lowest BCUT2D eigenvalue weighted by molar-refractivity contribution is 0.139. The lowest BCUT2D eigenvalue weighted by Crippen LogP contribution is -2.40. The van der Waals surface area contributed by atoms with Crippen molar-refractivity contribution in [1.29, 1.82) is 5.26 Å². The third-order valence-corrected chi connectivity index (χ3v) is 4.61. The van der Waals surface area contributed by atoms with Gasteiger partial charge in [0.15, 0.2) is 0 Å². The van der Waals surface area contributed by atoms with Crippen LogP contribution >= 0.6 is 15.9 Å². The minimum absolute atomic E-state index is 0.0529. The van der Waals surface area contributed by atoms with Crippen LogP contribution in [0.3, 0.4) is 0 Å². The zero-order valence-electron chi connectivity index (χ0n) is 10.8. The number of benzene rings is 1. The van der Waals surface area contributed by atoms with Crippen LogP contribution in [0.15, 0.2) is 28.7 Å². The summed E-state index contributed by atoms with van der Waals surface area (Å²) in [4.78, 5) is 2.29. The van der Waals surface area contributed by atoms with Gasteiger partial charge in [0, 0.05) is 17.6 Å². The molecule has 1 saturated carbocycles. The van der Waals surface area contributed by atoms with E-state index in [1.807, 2.05) is 6.07 Å². The van der Waals surface area contributed by atoms with Crippen LogP contribution in [0, 0.1) is 16.7 Å². The molecule has 3 heteroatoms. The molecule has 0 aromatic heterocycles. The lowest BCUT2D eigenvalue weighted by atomic mass is 9.69. The van der Waals surface area contributed by atoms with Crippen LogP contribution in [0.25, 0.3) is 0 Å². The predicted molar refractivity (Wildman–Crippen MR) is 77.2 cm³/mol. The number of likely N-dealkylation sites (N-methyl/N-ethyl adjacent to an activating group) is 1. The Morgan fingerprint density at radius 3 is 2.67 bits per heavy atom. The maximum Gasteiger partial charge on any atom is 0.0703 e. The number of hydrogen-bond donors (Lipinski definition) is 0. The Labute approximate surface area is 118 Å². The van der Waals surface area contributed by atoms with Crippen molar-refractivity contribution in [2.45, 2.75) is 25.7 Å². The van der Waals surface area contributed by atoms with E-state index in [1.165, 1.54) is 16.5 Å². The van der Waals surface area contributed by atoms with Gasteiger partial charge in [0.2, 0.25) is 0 Å². The Bertz CT molecular complexity index is 446. The fraction of sp³-hybridized carbons (Fsp3) is 0.533. The van der Waals surface area contributed by atoms with Gasteiger partial charge in [-0.2, -0.15) is 5.26 Å². The fourth-order valence-electron chi connectivity index (χ4n) is 2.52. The first-order chi connectivity index (χ1) is 8.65. The van der Waals surface area contributed by atoms with Gasteiger partial charge in [0.1, 0.15) is 0 Å². The molecule has 2 nitrogen and oxygen atoms in total. The second kappa shape index (κ2) is 5.86. The summed E-state index contributed by atoms with van der Waals surface area (Å²) < 4.78 is 1.18. The average Bonchev–Trinajstić information content (AvgIpc) is 2.33. The summed E-state index contributed by atoms with van der Waals surface area (Å²) in [6, 6.07) is 10.9. The van der Waals surface area contributed by atoms with Crippen molar-refractivity contribution < 1.29 is 0 Å². The molecule has 0 atom stereocenters. The summed E-state index contributed by atoms with van der Waals surface area (Å²) in [6.45, 7) is 1.92. The largest absolute Gasteiger partial charge is 0.304 e. The van der Waals surface area contributed by atoms with Gasteiger partial charge < -0.3 is 4.90 Å². The average molecular weight is 307 g/mol. The molecule has 0 N–H and O–H groups in total. The summed E-state index contributed by atoms with van der Waals surface area (Å²) >= 11 is 3.58. The maximum atomic E-state index is 9.23. The van der Waals surface area contributed by atoms with Crippen molar-refractivity contribution >= 4 is 15.9 Å². The van der Waals surface area contributed by atoms with Crippen molar-refractivity contribution in [2.75, 3.05) is 20.1 Å². The van der Waals surface area contributed by atoms with Crippen molar-refractivity contribution in [3.63, 3.8) is 0 Å². The molecule has 1 aromatic carbocycles. The summed E-state index contributed by atoms with van der Waals surface area (Å²) in [5, 5.41) is 9.23. The molecule has 0 aliphatic heterocycles. The smallest absolute Gasteiger partial charge is 0.0703 e. The third kappa shape index (κ3) is 3.13. The molecule has 1 aliphatic rings. The molecule has 0 amide bonds. The highest BCUT2D eigenvalue weighted by Crippen LogP contribution is 2.40. The zero-order chi connectivity index (χ0) is 13.0. The molecule has 0 saturated heterocycles. The van der Waals surface area contributed by atoms with E-state index in [4.69, 9.17) is 0 Å². The normalized spacial score (nSPS) is 17.2. The second-order valence-corrected chi connectivity index (χ2v) is 6.18. The van der Waals surface area contributed by atoms with Crippen LogP contribution in [-0.4, -0.2) is 25.0 Å². The van der Waals surface area contributed by atoms with Crippen LogP contribution in [-0.2, 0) is 6.42 Å². The van der Waals surface area contributed by atoms with Gasteiger partial charge in [0.25, 0.3) is 0 Å². The molecule has 0 heterocycles. The highest BCUT2D eigenvalue weighted by atomic mass is 79.9. The highest BCUT2D eigenvalue weighted by molar-refractivity contribution is 9.10. The summed E-state index contributed by atoms with van der Waals surface area (Å²) in [5.74, 6) is 0. The van der Waals surface area contributed by atoms with Gasteiger partial charge >= 0.3 is 0 Å². The second-order valence-electron chi connectivity index (χ2n) is 5.32. The van der Waals surface area contributed by atoms with Gasteiger partial charge in [-0.05, 0) is 37.9 Å². The molecular formula is C15H19BrN2. The Kier molecular flexibility index (Phi) is 4.42. The molecule has 1 fully saturated rings. The van der Waals surface area contributed by atoms with Crippen molar-refractivity contribution in [3.05, 3.63) is 34.3 Å². The minimum atomic E-state index is -0.0529. The molecular weight excluding hydrogens is 288 g/mol. The SMILES string of the molecule is CN(CCc1ccccc1Br)CC1(C#N)CCC1. The molecule has 1 aromatic rings. The lowest BCUT2D eigenvalue weighted by Gasteiger charge is -2.38. The summed E-state index contributed by atoms with van der Waals surface area (Å²) in [6.07, 6.45) is 4.39. The molecule has 1 aliphatic carbocycles. The van der Waals surface area contributed by atoms with Crippen LogP contribution < -0.4 is 0 Å². The summed E-state index contributed by atoms with van der Waals surface area (Å²) in [7, 11) is 2.12. The number of halogens is 1. The van der Waals surface area contributed by atoms with Crippen LogP contribution in [0.5, 0.6) is 0 Å². The van der Waals surface area contributed by atoms with Crippen LogP contribution in [0.2, 0.25) is 0 Å². The number of nitrogens with zero attached hydrogens (tertiary/aromatic N) is 2. The van der Waals surface area contributed by atoms with E-state index >= 15 is 0 Å². The number of hydrogen-bond acceptors (Lipinski definition) is 2. The van der Waals surface area contributed by atoms with Crippen molar-refractivity contribution in [3.8, 4) is 6.07 Å². The van der Waals surface area contributed by atoms with E-state index < -0.39 is 0 Å². The zero-order valence-corrected chi connectivity index (χ0v) is 12.4. The van der Waals surface area contributed by atoms with Gasteiger partial charge in [-0.15, -0.1) is 0 Å². The van der Waals surface area contributed by atoms with Crippen LogP contribution in [0.1, 0.15) is 24.8 Å². The first kappa shape index (κ1) is 13.6. The molecule has 0 spiro atoms. The minimum Gasteiger partial charge on any atom is -0.304 e. The van der Waals surface area contributed by atoms with Crippen molar-refractivity contribution in [1.82, 2.24) is 4.90 Å². The van der Waals surface area contributed by atoms with E-state index in [0.29, 0.717) is 0 Å². The fourth-order valence-corrected chi connectivity index (χ4v) is 3.00. The number of rotatable bonds is 5. The van der Waals surface area contributed by atoms with Gasteiger partial charge in [-0.1, -0.05) is 40.5 Å². The molecule has 0 bridgehead atoms. The molecule has 18 heavy (non-hydrogen) atoms. The number of nitriles is 1. The maximum absolute atomic E-state index is 9.23. The van der Waals surface area contributed by atoms with E-state index in [2.05, 4.69) is 52.1 Å². The van der Waals surface area contributed by atoms with Gasteiger partial charge in [-0.3, -0.25) is 0 Å². The van der Waals surface area contributed by atoms with E-state index in [0.717, 1.165) is 32.4 Å². The molecule has 0 radical (unpaired) electrons. The standard InChI is InChI=1S/C15H19BrN2/c1-18(12-15(11-17)8-4-9-15)10-7-13-5-2-3-6-14(13)16/h2-3,5-6H,4,7-10,12H2,1H3.